The number of fused-ring (bicyclic) bond motifs is 1. The van der Waals surface area contributed by atoms with Gasteiger partial charge in [0.2, 0.25) is 0 Å². The maximum absolute atomic E-state index is 11.1. The molecule has 0 bridgehead atoms. The van der Waals surface area contributed by atoms with Crippen molar-refractivity contribution in [2.24, 2.45) is 17.8 Å². The van der Waals surface area contributed by atoms with E-state index in [9.17, 15) is 4.79 Å². The summed E-state index contributed by atoms with van der Waals surface area (Å²) < 4.78 is 6.98. The third-order valence-electron chi connectivity index (χ3n) is 5.47. The van der Waals surface area contributed by atoms with Crippen LogP contribution in [0.25, 0.3) is 0 Å². The van der Waals surface area contributed by atoms with E-state index in [1.54, 1.807) is 7.11 Å². The summed E-state index contributed by atoms with van der Waals surface area (Å²) in [5, 5.41) is 13.8. The average Bonchev–Trinajstić information content (AvgIpc) is 2.89. The van der Waals surface area contributed by atoms with Gasteiger partial charge in [-0.3, -0.25) is 4.79 Å². The number of carbonyl (C=O) groups is 1. The van der Waals surface area contributed by atoms with Crippen molar-refractivity contribution in [3.8, 4) is 5.75 Å². The number of nitrogen functional groups attached to an aromatic ring is 1. The van der Waals surface area contributed by atoms with Crippen molar-refractivity contribution in [1.82, 2.24) is 9.78 Å². The summed E-state index contributed by atoms with van der Waals surface area (Å²) in [6.45, 7) is 0.618. The highest BCUT2D eigenvalue weighted by molar-refractivity contribution is 5.74. The summed E-state index contributed by atoms with van der Waals surface area (Å²) in [6, 6.07) is 9.79. The molecule has 2 unspecified atom stereocenters. The first kappa shape index (κ1) is 15.1. The van der Waals surface area contributed by atoms with E-state index in [4.69, 9.17) is 15.6 Å². The number of aliphatic carboxylic acids is 1. The van der Waals surface area contributed by atoms with Crippen LogP contribution in [0.2, 0.25) is 0 Å². The van der Waals surface area contributed by atoms with Gasteiger partial charge in [0.05, 0.1) is 25.3 Å². The first-order valence-corrected chi connectivity index (χ1v) is 8.25. The number of hydrogen-bond donors (Lipinski definition) is 2. The predicted octanol–water partition coefficient (Wildman–Crippen LogP) is 2.35. The van der Waals surface area contributed by atoms with Crippen LogP contribution in [0.4, 0.5) is 5.82 Å². The van der Waals surface area contributed by atoms with E-state index in [0.29, 0.717) is 30.1 Å². The molecule has 1 aromatic heterocycles. The van der Waals surface area contributed by atoms with Crippen LogP contribution in [0.1, 0.15) is 30.0 Å². The van der Waals surface area contributed by atoms with E-state index >= 15 is 0 Å². The third kappa shape index (κ3) is 2.52. The summed E-state index contributed by atoms with van der Waals surface area (Å²) in [5.41, 5.74) is 8.22. The minimum atomic E-state index is -0.645. The van der Waals surface area contributed by atoms with E-state index < -0.39 is 5.97 Å². The van der Waals surface area contributed by atoms with Gasteiger partial charge in [-0.05, 0) is 42.4 Å². The molecule has 4 rings (SSSR count). The fraction of sp³-hybridized carbons (Fsp3) is 0.444. The molecule has 1 heterocycles. The molecule has 0 spiro atoms. The molecule has 24 heavy (non-hydrogen) atoms. The number of nitrogens with two attached hydrogens (primary N) is 1. The second-order valence-corrected chi connectivity index (χ2v) is 6.86. The van der Waals surface area contributed by atoms with Crippen molar-refractivity contribution >= 4 is 11.8 Å². The molecule has 2 aliphatic carbocycles. The van der Waals surface area contributed by atoms with Crippen LogP contribution >= 0.6 is 0 Å². The molecule has 2 aliphatic rings. The molecule has 2 aromatic rings. The summed E-state index contributed by atoms with van der Waals surface area (Å²) >= 11 is 0. The molecule has 0 radical (unpaired) electrons. The van der Waals surface area contributed by atoms with E-state index in [-0.39, 0.29) is 5.92 Å². The zero-order valence-corrected chi connectivity index (χ0v) is 13.6. The van der Waals surface area contributed by atoms with Crippen LogP contribution in [-0.4, -0.2) is 28.0 Å². The highest BCUT2D eigenvalue weighted by Crippen LogP contribution is 2.62. The predicted molar refractivity (Wildman–Crippen MR) is 88.8 cm³/mol. The zero-order valence-electron chi connectivity index (χ0n) is 13.6. The number of ether oxygens (including phenoxy) is 1. The number of anilines is 1. The highest BCUT2D eigenvalue weighted by atomic mass is 16.5. The fourth-order valence-corrected chi connectivity index (χ4v) is 4.13. The van der Waals surface area contributed by atoms with Gasteiger partial charge in [0.25, 0.3) is 0 Å². The van der Waals surface area contributed by atoms with Gasteiger partial charge < -0.3 is 15.6 Å². The lowest BCUT2D eigenvalue weighted by Gasteiger charge is -2.10. The molecule has 4 atom stereocenters. The quantitative estimate of drug-likeness (QED) is 0.880. The minimum absolute atomic E-state index is 0.125. The molecule has 0 amide bonds. The Kier molecular flexibility index (Phi) is 3.48. The SMILES string of the molecule is COc1ccc(Cn2nc(C3C[C@@H]4C(C(=O)O)[C@@H]4C3)cc2N)cc1. The first-order valence-electron chi connectivity index (χ1n) is 8.25. The molecule has 3 N–H and O–H groups in total. The Bertz CT molecular complexity index is 756. The lowest BCUT2D eigenvalue weighted by Crippen LogP contribution is -2.09. The Balaban J connectivity index is 1.44. The molecule has 0 saturated heterocycles. The molecule has 6 heteroatoms. The van der Waals surface area contributed by atoms with Crippen LogP contribution in [0, 0.1) is 17.8 Å². The molecular formula is C18H21N3O3. The Morgan fingerprint density at radius 3 is 2.58 bits per heavy atom. The monoisotopic (exact) mass is 327 g/mol. The van der Waals surface area contributed by atoms with E-state index in [2.05, 4.69) is 5.10 Å². The lowest BCUT2D eigenvalue weighted by molar-refractivity contribution is -0.139. The highest BCUT2D eigenvalue weighted by Gasteiger charge is 2.60. The van der Waals surface area contributed by atoms with Crippen LogP contribution in [0.15, 0.2) is 30.3 Å². The molecular weight excluding hydrogens is 306 g/mol. The number of hydrogen-bond acceptors (Lipinski definition) is 4. The van der Waals surface area contributed by atoms with Crippen molar-refractivity contribution in [3.63, 3.8) is 0 Å². The smallest absolute Gasteiger partial charge is 0.307 e. The Morgan fingerprint density at radius 2 is 2.00 bits per heavy atom. The van der Waals surface area contributed by atoms with Crippen LogP contribution in [-0.2, 0) is 11.3 Å². The van der Waals surface area contributed by atoms with Gasteiger partial charge in [0.1, 0.15) is 11.6 Å². The Hall–Kier alpha value is -2.50. The van der Waals surface area contributed by atoms with E-state index in [0.717, 1.165) is 29.8 Å². The van der Waals surface area contributed by atoms with E-state index in [1.165, 1.54) is 0 Å². The number of aromatic nitrogens is 2. The molecule has 2 saturated carbocycles. The van der Waals surface area contributed by atoms with Gasteiger partial charge in [0, 0.05) is 12.0 Å². The van der Waals surface area contributed by atoms with Gasteiger partial charge in [0.15, 0.2) is 0 Å². The van der Waals surface area contributed by atoms with E-state index in [1.807, 2.05) is 35.0 Å². The third-order valence-corrected chi connectivity index (χ3v) is 5.47. The van der Waals surface area contributed by atoms with Gasteiger partial charge in [-0.1, -0.05) is 12.1 Å². The number of carboxylic acid groups (broad SMARTS) is 1. The second kappa shape index (κ2) is 5.54. The van der Waals surface area contributed by atoms with Gasteiger partial charge in [-0.15, -0.1) is 0 Å². The Morgan fingerprint density at radius 1 is 1.33 bits per heavy atom. The van der Waals surface area contributed by atoms with Crippen molar-refractivity contribution < 1.29 is 14.6 Å². The normalized spacial score (nSPS) is 27.7. The second-order valence-electron chi connectivity index (χ2n) is 6.86. The molecule has 126 valence electrons. The van der Waals surface area contributed by atoms with Crippen molar-refractivity contribution in [2.75, 3.05) is 12.8 Å². The van der Waals surface area contributed by atoms with Crippen molar-refractivity contribution in [1.29, 1.82) is 0 Å². The number of benzene rings is 1. The number of nitrogens with zero attached hydrogens (tertiary/aromatic N) is 2. The largest absolute Gasteiger partial charge is 0.497 e. The first-order chi connectivity index (χ1) is 11.6. The van der Waals surface area contributed by atoms with Crippen LogP contribution in [0.5, 0.6) is 5.75 Å². The summed E-state index contributed by atoms with van der Waals surface area (Å²) in [4.78, 5) is 11.1. The topological polar surface area (TPSA) is 90.4 Å². The van der Waals surface area contributed by atoms with Crippen LogP contribution < -0.4 is 10.5 Å². The maximum Gasteiger partial charge on any atom is 0.307 e. The van der Waals surface area contributed by atoms with Crippen LogP contribution in [0.3, 0.4) is 0 Å². The lowest BCUT2D eigenvalue weighted by atomic mass is 9.97. The number of rotatable bonds is 5. The standard InChI is InChI=1S/C18H21N3O3/c1-24-12-4-2-10(3-5-12)9-21-16(19)8-15(20-21)11-6-13-14(7-11)17(13)18(22)23/h2-5,8,11,13-14,17H,6-7,9,19H2,1H3,(H,22,23)/t11?,13-,14+,17?. The summed E-state index contributed by atoms with van der Waals surface area (Å²) in [5.74, 6) is 1.71. The fourth-order valence-electron chi connectivity index (χ4n) is 4.13. The van der Waals surface area contributed by atoms with Gasteiger partial charge in [-0.2, -0.15) is 5.10 Å². The molecule has 6 nitrogen and oxygen atoms in total. The Labute approximate surface area is 140 Å². The number of methoxy groups -OCH3 is 1. The zero-order chi connectivity index (χ0) is 16.8. The molecule has 0 aliphatic heterocycles. The van der Waals surface area contributed by atoms with Crippen molar-refractivity contribution in [3.05, 3.63) is 41.6 Å². The summed E-state index contributed by atoms with van der Waals surface area (Å²) in [7, 11) is 1.65. The molecule has 1 aromatic carbocycles. The minimum Gasteiger partial charge on any atom is -0.497 e. The van der Waals surface area contributed by atoms with Gasteiger partial charge in [-0.25, -0.2) is 4.68 Å². The van der Waals surface area contributed by atoms with Crippen molar-refractivity contribution in [2.45, 2.75) is 25.3 Å². The maximum atomic E-state index is 11.1. The number of carboxylic acids is 1. The average molecular weight is 327 g/mol. The summed E-state index contributed by atoms with van der Waals surface area (Å²) in [6.07, 6.45) is 1.83. The molecule has 2 fully saturated rings. The van der Waals surface area contributed by atoms with Gasteiger partial charge >= 0.3 is 5.97 Å².